The Morgan fingerprint density at radius 1 is 0.491 bits per heavy atom. The quantitative estimate of drug-likeness (QED) is 0.0861. The lowest BCUT2D eigenvalue weighted by Crippen LogP contribution is -2.15. The van der Waals surface area contributed by atoms with E-state index in [0.717, 1.165) is 65.4 Å². The number of para-hydroxylation sites is 2. The number of nitrogens with one attached hydrogen (secondary N) is 3. The van der Waals surface area contributed by atoms with Gasteiger partial charge in [-0.1, -0.05) is 60.7 Å². The zero-order chi connectivity index (χ0) is 38.9. The molecule has 0 unspecified atom stereocenters. The maximum Gasteiger partial charge on any atom is 0.513 e. The van der Waals surface area contributed by atoms with Crippen LogP contribution in [-0.4, -0.2) is 57.7 Å². The van der Waals surface area contributed by atoms with Crippen molar-refractivity contribution in [1.29, 1.82) is 0 Å². The number of aromatic amines is 3. The van der Waals surface area contributed by atoms with Crippen LogP contribution in [0.25, 0.3) is 98.4 Å². The van der Waals surface area contributed by atoms with Crippen molar-refractivity contribution < 1.29 is 38.1 Å². The lowest BCUT2D eigenvalue weighted by Gasteiger charge is -2.11. The van der Waals surface area contributed by atoms with E-state index in [0.29, 0.717) is 38.7 Å². The molecule has 0 fully saturated rings. The van der Waals surface area contributed by atoms with E-state index < -0.39 is 18.4 Å². The molecule has 57 heavy (non-hydrogen) atoms. The molecule has 0 aliphatic heterocycles. The molecule has 0 saturated carbocycles. The van der Waals surface area contributed by atoms with Crippen molar-refractivity contribution in [2.45, 2.75) is 20.8 Å². The number of H-pyrrole nitrogens is 3. The first-order valence-corrected chi connectivity index (χ1v) is 18.7. The summed E-state index contributed by atoms with van der Waals surface area (Å²) in [5, 5.41) is 6.94. The van der Waals surface area contributed by atoms with Crippen molar-refractivity contribution in [3.63, 3.8) is 0 Å². The average Bonchev–Trinajstić information content (AvgIpc) is 3.97. The van der Waals surface area contributed by atoms with Crippen LogP contribution in [0, 0.1) is 0 Å². The van der Waals surface area contributed by atoms with Gasteiger partial charge in [0.2, 0.25) is 0 Å². The van der Waals surface area contributed by atoms with E-state index in [4.69, 9.17) is 23.7 Å². The molecule has 4 heterocycles. The van der Waals surface area contributed by atoms with Crippen LogP contribution < -0.4 is 9.47 Å². The minimum Gasteiger partial charge on any atom is -0.449 e. The predicted molar refractivity (Wildman–Crippen MR) is 221 cm³/mol. The SMILES string of the molecule is CCOC(=O)Oc1c2[nH]c3ccccc3c2cc2c1[nH]c1cc(-c3ccc4c5cc6c([nH]c7ccccc76)c(OC(=O)OCC)c5n(C(=O)OCC)c4c3)ccc12. The van der Waals surface area contributed by atoms with Crippen molar-refractivity contribution in [2.24, 2.45) is 0 Å². The first-order valence-electron chi connectivity index (χ1n) is 18.7. The predicted octanol–water partition coefficient (Wildman–Crippen LogP) is 11.4. The van der Waals surface area contributed by atoms with Gasteiger partial charge in [0.15, 0.2) is 11.5 Å². The summed E-state index contributed by atoms with van der Waals surface area (Å²) in [5.41, 5.74) is 7.06. The molecule has 0 aliphatic rings. The van der Waals surface area contributed by atoms with Crippen LogP contribution >= 0.6 is 0 Å². The maximum atomic E-state index is 13.9. The van der Waals surface area contributed by atoms with Crippen LogP contribution in [0.5, 0.6) is 11.5 Å². The van der Waals surface area contributed by atoms with Gasteiger partial charge in [0.25, 0.3) is 0 Å². The summed E-state index contributed by atoms with van der Waals surface area (Å²) in [7, 11) is 0. The number of rotatable bonds is 6. The lowest BCUT2D eigenvalue weighted by molar-refractivity contribution is 0.104. The van der Waals surface area contributed by atoms with E-state index in [2.05, 4.69) is 21.0 Å². The Bertz CT molecular complexity index is 3310. The van der Waals surface area contributed by atoms with E-state index in [-0.39, 0.29) is 25.6 Å². The van der Waals surface area contributed by atoms with Crippen LogP contribution in [0.3, 0.4) is 0 Å². The summed E-state index contributed by atoms with van der Waals surface area (Å²) in [4.78, 5) is 50.0. The molecule has 4 aromatic heterocycles. The third kappa shape index (κ3) is 5.25. The largest absolute Gasteiger partial charge is 0.513 e. The molecule has 0 saturated heterocycles. The summed E-state index contributed by atoms with van der Waals surface area (Å²) >= 11 is 0. The van der Waals surface area contributed by atoms with Gasteiger partial charge in [-0.05, 0) is 68.3 Å². The molecule has 10 aromatic rings. The van der Waals surface area contributed by atoms with E-state index >= 15 is 0 Å². The second kappa shape index (κ2) is 13.1. The van der Waals surface area contributed by atoms with Crippen molar-refractivity contribution in [1.82, 2.24) is 19.5 Å². The molecule has 6 aromatic carbocycles. The molecule has 10 rings (SSSR count). The molecule has 0 spiro atoms. The molecular weight excluding hydrogens is 725 g/mol. The number of carbonyl (C=O) groups is 3. The number of aromatic nitrogens is 4. The van der Waals surface area contributed by atoms with Gasteiger partial charge in [-0.25, -0.2) is 19.0 Å². The minimum atomic E-state index is -0.890. The number of carbonyl (C=O) groups excluding carboxylic acids is 3. The number of hydrogen-bond donors (Lipinski definition) is 3. The highest BCUT2D eigenvalue weighted by Crippen LogP contribution is 2.45. The smallest absolute Gasteiger partial charge is 0.449 e. The molecular formula is C45H34N4O8. The Kier molecular flexibility index (Phi) is 7.82. The van der Waals surface area contributed by atoms with Gasteiger partial charge in [-0.2, -0.15) is 0 Å². The molecule has 0 amide bonds. The Morgan fingerprint density at radius 2 is 0.982 bits per heavy atom. The second-order valence-electron chi connectivity index (χ2n) is 13.6. The summed E-state index contributed by atoms with van der Waals surface area (Å²) in [6.07, 6.45) is -2.31. The van der Waals surface area contributed by atoms with Crippen LogP contribution in [0.4, 0.5) is 14.4 Å². The summed E-state index contributed by atoms with van der Waals surface area (Å²) in [6.45, 7) is 5.59. The van der Waals surface area contributed by atoms with Gasteiger partial charge in [0.05, 0.1) is 41.9 Å². The second-order valence-corrected chi connectivity index (χ2v) is 13.6. The number of nitrogens with zero attached hydrogens (tertiary/aromatic N) is 1. The standard InChI is InChI=1S/C45H34N4O8/c1-4-53-43(50)49-36-20-24(16-18-28(36)32-22-31-26-12-8-10-14-34(26)47-39(31)42(40(32)49)57-45(52)55-6-3)23-15-17-27-30-21-29-25-11-7-9-13-33(25)46-37(29)41(56-44(51)54-5-2)38(30)48-35(27)19-23/h7-22,46-48H,4-6H2,1-3H3. The van der Waals surface area contributed by atoms with Gasteiger partial charge in [0.1, 0.15) is 5.52 Å². The van der Waals surface area contributed by atoms with Crippen LogP contribution in [0.15, 0.2) is 97.1 Å². The molecule has 0 bridgehead atoms. The van der Waals surface area contributed by atoms with Crippen LogP contribution in [0.2, 0.25) is 0 Å². The number of fused-ring (bicyclic) bond motifs is 12. The van der Waals surface area contributed by atoms with E-state index in [1.165, 1.54) is 4.57 Å². The molecule has 282 valence electrons. The summed E-state index contributed by atoms with van der Waals surface area (Å²) < 4.78 is 29.3. The van der Waals surface area contributed by atoms with E-state index in [9.17, 15) is 14.4 Å². The minimum absolute atomic E-state index is 0.114. The zero-order valence-corrected chi connectivity index (χ0v) is 31.1. The fourth-order valence-electron chi connectivity index (χ4n) is 8.15. The topological polar surface area (TPSA) is 150 Å². The average molecular weight is 759 g/mol. The van der Waals surface area contributed by atoms with Crippen LogP contribution in [0.1, 0.15) is 20.8 Å². The number of ether oxygens (including phenoxy) is 5. The molecule has 0 atom stereocenters. The zero-order valence-electron chi connectivity index (χ0n) is 31.1. The summed E-state index contributed by atoms with van der Waals surface area (Å²) in [6, 6.07) is 31.8. The van der Waals surface area contributed by atoms with Gasteiger partial charge < -0.3 is 38.6 Å². The fourth-order valence-corrected chi connectivity index (χ4v) is 8.15. The number of benzene rings is 6. The van der Waals surface area contributed by atoms with Crippen molar-refractivity contribution >= 4 is 106 Å². The third-order valence-corrected chi connectivity index (χ3v) is 10.5. The Balaban J connectivity index is 1.19. The Morgan fingerprint density at radius 3 is 1.60 bits per heavy atom. The van der Waals surface area contributed by atoms with E-state index in [1.807, 2.05) is 91.0 Å². The Labute approximate surface area is 322 Å². The van der Waals surface area contributed by atoms with Gasteiger partial charge >= 0.3 is 18.4 Å². The molecule has 12 nitrogen and oxygen atoms in total. The van der Waals surface area contributed by atoms with Gasteiger partial charge in [0, 0.05) is 59.6 Å². The highest BCUT2D eigenvalue weighted by Gasteiger charge is 2.27. The van der Waals surface area contributed by atoms with Crippen LogP contribution in [-0.2, 0) is 14.2 Å². The normalized spacial score (nSPS) is 11.8. The molecule has 3 N–H and O–H groups in total. The first-order chi connectivity index (χ1) is 27.9. The fraction of sp³-hybridized carbons (Fsp3) is 0.133. The van der Waals surface area contributed by atoms with Crippen molar-refractivity contribution in [2.75, 3.05) is 19.8 Å². The van der Waals surface area contributed by atoms with Crippen molar-refractivity contribution in [3.8, 4) is 22.6 Å². The molecule has 0 aliphatic carbocycles. The highest BCUT2D eigenvalue weighted by molar-refractivity contribution is 6.24. The first kappa shape index (κ1) is 34.1. The molecule has 0 radical (unpaired) electrons. The Hall–Kier alpha value is -7.47. The highest BCUT2D eigenvalue weighted by atomic mass is 16.7. The molecule has 12 heteroatoms. The maximum absolute atomic E-state index is 13.9. The number of hydrogen-bond acceptors (Lipinski definition) is 8. The third-order valence-electron chi connectivity index (χ3n) is 10.5. The van der Waals surface area contributed by atoms with E-state index in [1.54, 1.807) is 20.8 Å². The monoisotopic (exact) mass is 758 g/mol. The summed E-state index contributed by atoms with van der Waals surface area (Å²) in [5.74, 6) is 0.507. The van der Waals surface area contributed by atoms with Crippen molar-refractivity contribution in [3.05, 3.63) is 97.1 Å². The van der Waals surface area contributed by atoms with Gasteiger partial charge in [-0.3, -0.25) is 0 Å². The lowest BCUT2D eigenvalue weighted by atomic mass is 10.0. The van der Waals surface area contributed by atoms with Gasteiger partial charge in [-0.15, -0.1) is 0 Å².